The van der Waals surface area contributed by atoms with Crippen LogP contribution in [0.4, 0.5) is 5.69 Å². The number of amides is 2. The molecular formula is C18H22N2O3. The van der Waals surface area contributed by atoms with E-state index in [0.29, 0.717) is 12.0 Å². The van der Waals surface area contributed by atoms with Crippen LogP contribution in [0, 0.1) is 0 Å². The molecule has 0 bridgehead atoms. The summed E-state index contributed by atoms with van der Waals surface area (Å²) in [6, 6.07) is 5.26. The SMILES string of the molecule is O=C1Cc2cc(C(=O)CCC(=O)N3CCCCCC3)ccc2N1. The third-order valence-corrected chi connectivity index (χ3v) is 4.58. The highest BCUT2D eigenvalue weighted by atomic mass is 16.2. The third kappa shape index (κ3) is 3.78. The quantitative estimate of drug-likeness (QED) is 0.869. The summed E-state index contributed by atoms with van der Waals surface area (Å²) < 4.78 is 0. The number of rotatable bonds is 4. The first-order valence-corrected chi connectivity index (χ1v) is 8.37. The Labute approximate surface area is 136 Å². The number of fused-ring (bicyclic) bond motifs is 1. The van der Waals surface area contributed by atoms with Crippen molar-refractivity contribution in [3.8, 4) is 0 Å². The lowest BCUT2D eigenvalue weighted by Gasteiger charge is -2.20. The molecule has 2 aliphatic rings. The van der Waals surface area contributed by atoms with Crippen molar-refractivity contribution in [2.24, 2.45) is 0 Å². The fourth-order valence-corrected chi connectivity index (χ4v) is 3.25. The minimum absolute atomic E-state index is 0.0321. The minimum Gasteiger partial charge on any atom is -0.343 e. The van der Waals surface area contributed by atoms with Gasteiger partial charge in [0, 0.05) is 37.2 Å². The van der Waals surface area contributed by atoms with Gasteiger partial charge in [-0.05, 0) is 36.6 Å². The first-order chi connectivity index (χ1) is 11.1. The van der Waals surface area contributed by atoms with E-state index in [1.54, 1.807) is 18.2 Å². The van der Waals surface area contributed by atoms with Crippen molar-refractivity contribution in [2.45, 2.75) is 44.9 Å². The molecule has 1 aromatic rings. The molecule has 5 nitrogen and oxygen atoms in total. The first-order valence-electron chi connectivity index (χ1n) is 8.37. The van der Waals surface area contributed by atoms with Crippen molar-refractivity contribution >= 4 is 23.3 Å². The van der Waals surface area contributed by atoms with Gasteiger partial charge in [-0.2, -0.15) is 0 Å². The molecular weight excluding hydrogens is 292 g/mol. The van der Waals surface area contributed by atoms with Gasteiger partial charge in [-0.25, -0.2) is 0 Å². The number of benzene rings is 1. The molecule has 3 rings (SSSR count). The van der Waals surface area contributed by atoms with Gasteiger partial charge >= 0.3 is 0 Å². The van der Waals surface area contributed by atoms with E-state index in [1.807, 2.05) is 4.90 Å². The Bertz CT molecular complexity index is 631. The van der Waals surface area contributed by atoms with E-state index in [4.69, 9.17) is 0 Å². The summed E-state index contributed by atoms with van der Waals surface area (Å²) in [7, 11) is 0. The van der Waals surface area contributed by atoms with E-state index in [-0.39, 0.29) is 30.4 Å². The number of Topliss-reactive ketones (excluding diaryl/α,β-unsaturated/α-hetero) is 1. The lowest BCUT2D eigenvalue weighted by molar-refractivity contribution is -0.131. The Hall–Kier alpha value is -2.17. The average Bonchev–Trinajstić information content (AvgIpc) is 2.75. The van der Waals surface area contributed by atoms with Crippen molar-refractivity contribution in [2.75, 3.05) is 18.4 Å². The van der Waals surface area contributed by atoms with Gasteiger partial charge in [-0.3, -0.25) is 14.4 Å². The van der Waals surface area contributed by atoms with Crippen LogP contribution in [0.2, 0.25) is 0 Å². The molecule has 2 aliphatic heterocycles. The van der Waals surface area contributed by atoms with Crippen LogP contribution in [-0.4, -0.2) is 35.6 Å². The van der Waals surface area contributed by atoms with Crippen molar-refractivity contribution < 1.29 is 14.4 Å². The molecule has 0 atom stereocenters. The highest BCUT2D eigenvalue weighted by Gasteiger charge is 2.20. The summed E-state index contributed by atoms with van der Waals surface area (Å²) in [5.41, 5.74) is 2.23. The Balaban J connectivity index is 1.56. The van der Waals surface area contributed by atoms with Gasteiger partial charge < -0.3 is 10.2 Å². The van der Waals surface area contributed by atoms with Crippen LogP contribution in [-0.2, 0) is 16.0 Å². The highest BCUT2D eigenvalue weighted by molar-refractivity contribution is 6.02. The topological polar surface area (TPSA) is 66.5 Å². The molecule has 1 aromatic carbocycles. The normalized spacial score (nSPS) is 17.4. The van der Waals surface area contributed by atoms with E-state index in [2.05, 4.69) is 5.32 Å². The number of hydrogen-bond donors (Lipinski definition) is 1. The predicted molar refractivity (Wildman–Crippen MR) is 87.4 cm³/mol. The molecule has 1 saturated heterocycles. The summed E-state index contributed by atoms with van der Waals surface area (Å²) in [5, 5.41) is 2.75. The van der Waals surface area contributed by atoms with Gasteiger partial charge in [0.25, 0.3) is 0 Å². The Kier molecular flexibility index (Phi) is 4.74. The van der Waals surface area contributed by atoms with Gasteiger partial charge in [-0.1, -0.05) is 12.8 Å². The standard InChI is InChI=1S/C18H22N2O3/c21-16(7-8-18(23)20-9-3-1-2-4-10-20)13-5-6-15-14(11-13)12-17(22)19-15/h5-6,11H,1-4,7-10,12H2,(H,19,22). The molecule has 0 saturated carbocycles. The van der Waals surface area contributed by atoms with Crippen LogP contribution in [0.1, 0.15) is 54.4 Å². The maximum atomic E-state index is 12.3. The minimum atomic E-state index is -0.0408. The van der Waals surface area contributed by atoms with Gasteiger partial charge in [0.2, 0.25) is 11.8 Å². The van der Waals surface area contributed by atoms with Gasteiger partial charge in [0.1, 0.15) is 0 Å². The molecule has 2 amide bonds. The van der Waals surface area contributed by atoms with Crippen molar-refractivity contribution in [1.82, 2.24) is 4.90 Å². The molecule has 0 aliphatic carbocycles. The Morgan fingerprint density at radius 1 is 1.04 bits per heavy atom. The lowest BCUT2D eigenvalue weighted by Crippen LogP contribution is -2.32. The maximum absolute atomic E-state index is 12.3. The fraction of sp³-hybridized carbons (Fsp3) is 0.500. The molecule has 1 N–H and O–H groups in total. The second kappa shape index (κ2) is 6.94. The second-order valence-electron chi connectivity index (χ2n) is 6.32. The Morgan fingerprint density at radius 3 is 2.52 bits per heavy atom. The number of ketones is 1. The zero-order chi connectivity index (χ0) is 16.2. The van der Waals surface area contributed by atoms with Crippen LogP contribution < -0.4 is 5.32 Å². The van der Waals surface area contributed by atoms with Crippen molar-refractivity contribution in [3.05, 3.63) is 29.3 Å². The van der Waals surface area contributed by atoms with E-state index in [1.165, 1.54) is 12.8 Å². The molecule has 2 heterocycles. The molecule has 1 fully saturated rings. The molecule has 23 heavy (non-hydrogen) atoms. The molecule has 122 valence electrons. The van der Waals surface area contributed by atoms with E-state index in [0.717, 1.165) is 37.2 Å². The molecule has 0 aromatic heterocycles. The van der Waals surface area contributed by atoms with Crippen molar-refractivity contribution in [1.29, 1.82) is 0 Å². The largest absolute Gasteiger partial charge is 0.343 e. The Morgan fingerprint density at radius 2 is 1.78 bits per heavy atom. The number of likely N-dealkylation sites (tertiary alicyclic amines) is 1. The van der Waals surface area contributed by atoms with Gasteiger partial charge in [0.05, 0.1) is 6.42 Å². The summed E-state index contributed by atoms with van der Waals surface area (Å²) in [5.74, 6) is 0.00881. The van der Waals surface area contributed by atoms with Crippen LogP contribution in [0.25, 0.3) is 0 Å². The number of carbonyl (C=O) groups is 3. The number of anilines is 1. The monoisotopic (exact) mass is 314 g/mol. The van der Waals surface area contributed by atoms with Crippen LogP contribution in [0.3, 0.4) is 0 Å². The fourth-order valence-electron chi connectivity index (χ4n) is 3.25. The van der Waals surface area contributed by atoms with E-state index < -0.39 is 0 Å². The molecule has 0 spiro atoms. The summed E-state index contributed by atoms with van der Waals surface area (Å²) >= 11 is 0. The smallest absolute Gasteiger partial charge is 0.228 e. The lowest BCUT2D eigenvalue weighted by atomic mass is 10.0. The molecule has 5 heteroatoms. The zero-order valence-electron chi connectivity index (χ0n) is 13.3. The first kappa shape index (κ1) is 15.7. The summed E-state index contributed by atoms with van der Waals surface area (Å²) in [4.78, 5) is 37.8. The molecule has 0 unspecified atom stereocenters. The van der Waals surface area contributed by atoms with Crippen LogP contribution in [0.15, 0.2) is 18.2 Å². The maximum Gasteiger partial charge on any atom is 0.228 e. The third-order valence-electron chi connectivity index (χ3n) is 4.58. The number of hydrogen-bond acceptors (Lipinski definition) is 3. The zero-order valence-corrected chi connectivity index (χ0v) is 13.3. The van der Waals surface area contributed by atoms with Crippen molar-refractivity contribution in [3.63, 3.8) is 0 Å². The highest BCUT2D eigenvalue weighted by Crippen LogP contribution is 2.24. The predicted octanol–water partition coefficient (Wildman–Crippen LogP) is 2.55. The van der Waals surface area contributed by atoms with Gasteiger partial charge in [-0.15, -0.1) is 0 Å². The van der Waals surface area contributed by atoms with Crippen LogP contribution in [0.5, 0.6) is 0 Å². The number of carbonyl (C=O) groups excluding carboxylic acids is 3. The summed E-state index contributed by atoms with van der Waals surface area (Å²) in [6.07, 6.45) is 5.32. The van der Waals surface area contributed by atoms with Crippen LogP contribution >= 0.6 is 0 Å². The number of nitrogens with one attached hydrogen (secondary N) is 1. The summed E-state index contributed by atoms with van der Waals surface area (Å²) in [6.45, 7) is 1.64. The van der Waals surface area contributed by atoms with E-state index >= 15 is 0 Å². The van der Waals surface area contributed by atoms with E-state index in [9.17, 15) is 14.4 Å². The second-order valence-corrected chi connectivity index (χ2v) is 6.32. The average molecular weight is 314 g/mol. The molecule has 0 radical (unpaired) electrons. The van der Waals surface area contributed by atoms with Gasteiger partial charge in [0.15, 0.2) is 5.78 Å². The number of nitrogens with zero attached hydrogens (tertiary/aromatic N) is 1.